The lowest BCUT2D eigenvalue weighted by molar-refractivity contribution is -0.120. The summed E-state index contributed by atoms with van der Waals surface area (Å²) in [5, 5.41) is 3.11. The highest BCUT2D eigenvalue weighted by Crippen LogP contribution is 2.36. The van der Waals surface area contributed by atoms with Gasteiger partial charge >= 0.3 is 0 Å². The summed E-state index contributed by atoms with van der Waals surface area (Å²) >= 11 is 6.18. The molecule has 7 heteroatoms. The highest BCUT2D eigenvalue weighted by molar-refractivity contribution is 6.32. The fourth-order valence-corrected chi connectivity index (χ4v) is 4.46. The van der Waals surface area contributed by atoms with Crippen molar-refractivity contribution in [3.05, 3.63) is 94.0 Å². The Morgan fingerprint density at radius 3 is 2.69 bits per heavy atom. The molecule has 2 amide bonds. The number of hydrogen-bond donors (Lipinski definition) is 1. The van der Waals surface area contributed by atoms with Crippen LogP contribution in [0, 0.1) is 0 Å². The molecule has 5 rings (SSSR count). The monoisotopic (exact) mass is 445 g/mol. The SMILES string of the molecule is COc1ccc(C(=O)N[C@@H]2N=C(c3ccccc3)c3cccc4c3N(CC4)C2=O)cc1Cl. The lowest BCUT2D eigenvalue weighted by Crippen LogP contribution is -2.47. The van der Waals surface area contributed by atoms with Crippen LogP contribution in [0.15, 0.2) is 71.7 Å². The molecule has 1 atom stereocenters. The summed E-state index contributed by atoms with van der Waals surface area (Å²) in [7, 11) is 1.51. The summed E-state index contributed by atoms with van der Waals surface area (Å²) in [5.41, 5.74) is 4.76. The van der Waals surface area contributed by atoms with Gasteiger partial charge in [-0.25, -0.2) is 4.99 Å². The van der Waals surface area contributed by atoms with Gasteiger partial charge in [-0.1, -0.05) is 60.1 Å². The van der Waals surface area contributed by atoms with Crippen LogP contribution >= 0.6 is 11.6 Å². The van der Waals surface area contributed by atoms with Crippen molar-refractivity contribution in [2.75, 3.05) is 18.6 Å². The van der Waals surface area contributed by atoms with Gasteiger partial charge in [0.05, 0.1) is 23.5 Å². The van der Waals surface area contributed by atoms with Crippen LogP contribution in [-0.2, 0) is 11.2 Å². The van der Waals surface area contributed by atoms with Gasteiger partial charge < -0.3 is 15.0 Å². The number of carbonyl (C=O) groups is 2. The number of halogens is 1. The molecule has 6 nitrogen and oxygen atoms in total. The molecular weight excluding hydrogens is 426 g/mol. The average Bonchev–Trinajstić information content (AvgIpc) is 3.21. The molecule has 3 aromatic rings. The van der Waals surface area contributed by atoms with E-state index < -0.39 is 12.1 Å². The highest BCUT2D eigenvalue weighted by atomic mass is 35.5. The standard InChI is InChI=1S/C25H20ClN3O3/c1-32-20-11-10-17(14-19(20)26)24(30)28-23-25(31)29-13-12-16-8-5-9-18(22(16)29)21(27-23)15-6-3-2-4-7-15/h2-11,14,23H,12-13H2,1H3,(H,28,30)/t23-/m0/s1. The molecule has 2 aliphatic rings. The largest absolute Gasteiger partial charge is 0.495 e. The number of benzene rings is 3. The van der Waals surface area contributed by atoms with E-state index in [1.807, 2.05) is 48.5 Å². The summed E-state index contributed by atoms with van der Waals surface area (Å²) in [6.07, 6.45) is -0.289. The van der Waals surface area contributed by atoms with Crippen molar-refractivity contribution >= 4 is 34.8 Å². The van der Waals surface area contributed by atoms with E-state index in [1.165, 1.54) is 13.2 Å². The number of methoxy groups -OCH3 is 1. The fourth-order valence-electron chi connectivity index (χ4n) is 4.20. The molecule has 2 heterocycles. The molecule has 0 saturated carbocycles. The van der Waals surface area contributed by atoms with Gasteiger partial charge in [0, 0.05) is 23.2 Å². The van der Waals surface area contributed by atoms with Crippen LogP contribution in [0.25, 0.3) is 0 Å². The molecule has 160 valence electrons. The average molecular weight is 446 g/mol. The summed E-state index contributed by atoms with van der Waals surface area (Å²) in [6.45, 7) is 0.559. The van der Waals surface area contributed by atoms with E-state index in [0.29, 0.717) is 28.6 Å². The van der Waals surface area contributed by atoms with Gasteiger partial charge in [-0.15, -0.1) is 0 Å². The molecule has 32 heavy (non-hydrogen) atoms. The number of hydrogen-bond acceptors (Lipinski definition) is 4. The molecule has 0 saturated heterocycles. The number of ether oxygens (including phenoxy) is 1. The Morgan fingerprint density at radius 1 is 1.12 bits per heavy atom. The van der Waals surface area contributed by atoms with Crippen LogP contribution in [0.2, 0.25) is 5.02 Å². The van der Waals surface area contributed by atoms with E-state index in [1.54, 1.807) is 17.0 Å². The van der Waals surface area contributed by atoms with Crippen LogP contribution < -0.4 is 15.0 Å². The number of aliphatic imine (C=N–C) groups is 1. The quantitative estimate of drug-likeness (QED) is 0.663. The maximum atomic E-state index is 13.4. The van der Waals surface area contributed by atoms with Gasteiger partial charge in [0.2, 0.25) is 6.17 Å². The van der Waals surface area contributed by atoms with E-state index in [9.17, 15) is 9.59 Å². The molecule has 0 unspecified atom stereocenters. The van der Waals surface area contributed by atoms with Gasteiger partial charge in [-0.2, -0.15) is 0 Å². The minimum absolute atomic E-state index is 0.255. The van der Waals surface area contributed by atoms with Crippen molar-refractivity contribution in [3.8, 4) is 5.75 Å². The predicted octanol–water partition coefficient (Wildman–Crippen LogP) is 3.84. The number of carbonyl (C=O) groups excluding carboxylic acids is 2. The number of amides is 2. The molecule has 0 bridgehead atoms. The number of anilines is 1. The van der Waals surface area contributed by atoms with Crippen molar-refractivity contribution in [3.63, 3.8) is 0 Å². The molecule has 1 N–H and O–H groups in total. The van der Waals surface area contributed by atoms with Crippen LogP contribution in [0.1, 0.15) is 27.0 Å². The molecule has 0 fully saturated rings. The molecule has 0 radical (unpaired) electrons. The Bertz CT molecular complexity index is 1260. The van der Waals surface area contributed by atoms with Crippen molar-refractivity contribution in [1.29, 1.82) is 0 Å². The Labute approximate surface area is 190 Å². The second-order valence-electron chi connectivity index (χ2n) is 7.62. The van der Waals surface area contributed by atoms with E-state index in [-0.39, 0.29) is 5.91 Å². The van der Waals surface area contributed by atoms with Crippen molar-refractivity contribution in [2.45, 2.75) is 12.6 Å². The first-order chi connectivity index (χ1) is 15.6. The van der Waals surface area contributed by atoms with E-state index in [0.717, 1.165) is 28.8 Å². The zero-order valence-corrected chi connectivity index (χ0v) is 18.1. The molecular formula is C25H20ClN3O3. The summed E-state index contributed by atoms with van der Waals surface area (Å²) in [6, 6.07) is 20.4. The van der Waals surface area contributed by atoms with Gasteiger partial charge in [0.25, 0.3) is 11.8 Å². The number of nitrogens with zero attached hydrogens (tertiary/aromatic N) is 2. The third-order valence-electron chi connectivity index (χ3n) is 5.74. The second-order valence-corrected chi connectivity index (χ2v) is 8.03. The fraction of sp³-hybridized carbons (Fsp3) is 0.160. The lowest BCUT2D eigenvalue weighted by atomic mass is 9.98. The molecule has 3 aromatic carbocycles. The maximum Gasteiger partial charge on any atom is 0.272 e. The van der Waals surface area contributed by atoms with Gasteiger partial charge in [0.15, 0.2) is 0 Å². The number of para-hydroxylation sites is 1. The Kier molecular flexibility index (Phi) is 5.15. The normalized spacial score (nSPS) is 16.8. The summed E-state index contributed by atoms with van der Waals surface area (Å²) < 4.78 is 5.15. The van der Waals surface area contributed by atoms with Crippen LogP contribution in [0.4, 0.5) is 5.69 Å². The first kappa shape index (κ1) is 20.3. The van der Waals surface area contributed by atoms with Crippen LogP contribution in [0.3, 0.4) is 0 Å². The van der Waals surface area contributed by atoms with E-state index in [2.05, 4.69) is 5.32 Å². The molecule has 2 aliphatic heterocycles. The predicted molar refractivity (Wildman–Crippen MR) is 124 cm³/mol. The maximum absolute atomic E-state index is 13.4. The third kappa shape index (κ3) is 3.42. The summed E-state index contributed by atoms with van der Waals surface area (Å²) in [5.74, 6) is -0.220. The van der Waals surface area contributed by atoms with E-state index in [4.69, 9.17) is 21.3 Å². The molecule has 0 spiro atoms. The molecule has 0 aliphatic carbocycles. The Morgan fingerprint density at radius 2 is 1.94 bits per heavy atom. The zero-order chi connectivity index (χ0) is 22.2. The minimum Gasteiger partial charge on any atom is -0.495 e. The van der Waals surface area contributed by atoms with Crippen LogP contribution in [-0.4, -0.2) is 37.3 Å². The molecule has 0 aromatic heterocycles. The van der Waals surface area contributed by atoms with Crippen molar-refractivity contribution in [1.82, 2.24) is 5.32 Å². The van der Waals surface area contributed by atoms with Gasteiger partial charge in [-0.3, -0.25) is 9.59 Å². The smallest absolute Gasteiger partial charge is 0.272 e. The zero-order valence-electron chi connectivity index (χ0n) is 17.3. The van der Waals surface area contributed by atoms with Crippen molar-refractivity contribution < 1.29 is 14.3 Å². The van der Waals surface area contributed by atoms with Crippen LogP contribution in [0.5, 0.6) is 5.75 Å². The topological polar surface area (TPSA) is 71.0 Å². The number of nitrogens with one attached hydrogen (secondary N) is 1. The highest BCUT2D eigenvalue weighted by Gasteiger charge is 2.37. The first-order valence-corrected chi connectivity index (χ1v) is 10.7. The second kappa shape index (κ2) is 8.13. The van der Waals surface area contributed by atoms with Crippen molar-refractivity contribution in [2.24, 2.45) is 4.99 Å². The lowest BCUT2D eigenvalue weighted by Gasteiger charge is -2.21. The first-order valence-electron chi connectivity index (χ1n) is 10.3. The van der Waals surface area contributed by atoms with E-state index >= 15 is 0 Å². The number of rotatable bonds is 4. The third-order valence-corrected chi connectivity index (χ3v) is 6.03. The Balaban J connectivity index is 1.56. The summed E-state index contributed by atoms with van der Waals surface area (Å²) in [4.78, 5) is 32.9. The van der Waals surface area contributed by atoms with Gasteiger partial charge in [-0.05, 0) is 30.2 Å². The minimum atomic E-state index is -1.06. The van der Waals surface area contributed by atoms with Gasteiger partial charge in [0.1, 0.15) is 5.75 Å². The Hall–Kier alpha value is -3.64.